The molecule has 1 N–H and O–H groups in total. The van der Waals surface area contributed by atoms with Gasteiger partial charge in [0.25, 0.3) is 0 Å². The largest absolute Gasteiger partial charge is 0.355 e. The van der Waals surface area contributed by atoms with Crippen molar-refractivity contribution in [3.63, 3.8) is 0 Å². The fraction of sp³-hybridized carbons (Fsp3) is 0.333. The van der Waals surface area contributed by atoms with Gasteiger partial charge in [-0.15, -0.1) is 0 Å². The third kappa shape index (κ3) is 4.15. The topological polar surface area (TPSA) is 42.0 Å². The van der Waals surface area contributed by atoms with Gasteiger partial charge in [-0.3, -0.25) is 9.78 Å². The summed E-state index contributed by atoms with van der Waals surface area (Å²) in [4.78, 5) is 16.2. The maximum absolute atomic E-state index is 11.8. The summed E-state index contributed by atoms with van der Waals surface area (Å²) in [6.45, 7) is 4.69. The van der Waals surface area contributed by atoms with Gasteiger partial charge in [-0.2, -0.15) is 0 Å². The lowest BCUT2D eigenvalue weighted by molar-refractivity contribution is -0.121. The van der Waals surface area contributed by atoms with Gasteiger partial charge >= 0.3 is 0 Å². The Hall–Kier alpha value is -2.16. The molecule has 3 nitrogen and oxygen atoms in total. The molecule has 110 valence electrons. The van der Waals surface area contributed by atoms with Crippen LogP contribution in [0.15, 0.2) is 48.7 Å². The summed E-state index contributed by atoms with van der Waals surface area (Å²) >= 11 is 0. The van der Waals surface area contributed by atoms with E-state index in [1.807, 2.05) is 37.3 Å². The molecule has 0 aliphatic rings. The van der Waals surface area contributed by atoms with Crippen LogP contribution in [0, 0.1) is 6.92 Å². The van der Waals surface area contributed by atoms with E-state index in [1.165, 1.54) is 11.1 Å². The van der Waals surface area contributed by atoms with Crippen LogP contribution >= 0.6 is 0 Å². The number of nitrogens with one attached hydrogen (secondary N) is 1. The second-order valence-corrected chi connectivity index (χ2v) is 5.22. The number of hydrogen-bond donors (Lipinski definition) is 1. The third-order valence-electron chi connectivity index (χ3n) is 3.59. The average molecular weight is 282 g/mol. The Balaban J connectivity index is 2.23. The van der Waals surface area contributed by atoms with E-state index in [2.05, 4.69) is 29.4 Å². The summed E-state index contributed by atoms with van der Waals surface area (Å²) in [5.74, 6) is 0.195. The molecular weight excluding hydrogens is 260 g/mol. The number of nitrogens with zero attached hydrogens (tertiary/aromatic N) is 1. The van der Waals surface area contributed by atoms with Crippen molar-refractivity contribution in [2.75, 3.05) is 6.54 Å². The molecule has 1 aromatic carbocycles. The maximum Gasteiger partial charge on any atom is 0.220 e. The molecule has 0 spiro atoms. The summed E-state index contributed by atoms with van der Waals surface area (Å²) in [7, 11) is 0. The SMILES string of the molecule is CCCC(=O)NCC(c1ccccn1)c1ccccc1C. The first-order chi connectivity index (χ1) is 10.2. The fourth-order valence-corrected chi connectivity index (χ4v) is 2.47. The zero-order chi connectivity index (χ0) is 15.1. The normalized spacial score (nSPS) is 11.9. The molecule has 0 saturated carbocycles. The van der Waals surface area contributed by atoms with Crippen LogP contribution in [-0.2, 0) is 4.79 Å². The molecule has 3 heteroatoms. The quantitative estimate of drug-likeness (QED) is 0.882. The molecule has 1 atom stereocenters. The number of carbonyl (C=O) groups is 1. The minimum atomic E-state index is 0.0909. The van der Waals surface area contributed by atoms with Crippen LogP contribution in [0.2, 0.25) is 0 Å². The molecule has 0 fully saturated rings. The first-order valence-corrected chi connectivity index (χ1v) is 7.45. The number of rotatable bonds is 6. The molecule has 0 bridgehead atoms. The van der Waals surface area contributed by atoms with E-state index in [0.717, 1.165) is 12.1 Å². The van der Waals surface area contributed by atoms with Gasteiger partial charge in [-0.1, -0.05) is 37.3 Å². The van der Waals surface area contributed by atoms with Crippen molar-refractivity contribution in [2.24, 2.45) is 0 Å². The van der Waals surface area contributed by atoms with Crippen molar-refractivity contribution >= 4 is 5.91 Å². The smallest absolute Gasteiger partial charge is 0.220 e. The summed E-state index contributed by atoms with van der Waals surface area (Å²) < 4.78 is 0. The van der Waals surface area contributed by atoms with Gasteiger partial charge in [-0.25, -0.2) is 0 Å². The van der Waals surface area contributed by atoms with Gasteiger partial charge in [0, 0.05) is 30.8 Å². The first kappa shape index (κ1) is 15.2. The van der Waals surface area contributed by atoms with Gasteiger partial charge in [0.05, 0.1) is 0 Å². The van der Waals surface area contributed by atoms with E-state index < -0.39 is 0 Å². The molecule has 21 heavy (non-hydrogen) atoms. The van der Waals surface area contributed by atoms with Crippen LogP contribution in [0.1, 0.15) is 42.5 Å². The van der Waals surface area contributed by atoms with Crippen molar-refractivity contribution in [2.45, 2.75) is 32.6 Å². The van der Waals surface area contributed by atoms with Crippen LogP contribution in [0.3, 0.4) is 0 Å². The molecule has 1 unspecified atom stereocenters. The lowest BCUT2D eigenvalue weighted by atomic mass is 9.91. The highest BCUT2D eigenvalue weighted by atomic mass is 16.1. The Morgan fingerprint density at radius 3 is 2.62 bits per heavy atom. The lowest BCUT2D eigenvalue weighted by Gasteiger charge is -2.19. The molecule has 1 aromatic heterocycles. The second kappa shape index (κ2) is 7.58. The van der Waals surface area contributed by atoms with Crippen LogP contribution in [0.25, 0.3) is 0 Å². The van der Waals surface area contributed by atoms with E-state index in [0.29, 0.717) is 13.0 Å². The highest BCUT2D eigenvalue weighted by Gasteiger charge is 2.17. The average Bonchev–Trinajstić information content (AvgIpc) is 2.50. The summed E-state index contributed by atoms with van der Waals surface area (Å²) in [5.41, 5.74) is 3.43. The Bertz CT molecular complexity index is 581. The highest BCUT2D eigenvalue weighted by molar-refractivity contribution is 5.75. The second-order valence-electron chi connectivity index (χ2n) is 5.22. The van der Waals surface area contributed by atoms with Crippen LogP contribution < -0.4 is 5.32 Å². The molecule has 1 amide bonds. The number of hydrogen-bond acceptors (Lipinski definition) is 2. The third-order valence-corrected chi connectivity index (χ3v) is 3.59. The van der Waals surface area contributed by atoms with E-state index in [-0.39, 0.29) is 11.8 Å². The summed E-state index contributed by atoms with van der Waals surface area (Å²) in [6.07, 6.45) is 3.24. The van der Waals surface area contributed by atoms with E-state index >= 15 is 0 Å². The standard InChI is InChI=1S/C18H22N2O/c1-3-8-18(21)20-13-16(17-11-6-7-12-19-17)15-10-5-4-9-14(15)2/h4-7,9-12,16H,3,8,13H2,1-2H3,(H,20,21). The highest BCUT2D eigenvalue weighted by Crippen LogP contribution is 2.25. The van der Waals surface area contributed by atoms with E-state index in [1.54, 1.807) is 6.20 Å². The van der Waals surface area contributed by atoms with Crippen molar-refractivity contribution in [1.82, 2.24) is 10.3 Å². The minimum Gasteiger partial charge on any atom is -0.355 e. The molecule has 2 aromatic rings. The maximum atomic E-state index is 11.8. The van der Waals surface area contributed by atoms with Gasteiger partial charge in [0.1, 0.15) is 0 Å². The zero-order valence-corrected chi connectivity index (χ0v) is 12.7. The Labute approximate surface area is 126 Å². The number of benzene rings is 1. The van der Waals surface area contributed by atoms with Crippen molar-refractivity contribution in [1.29, 1.82) is 0 Å². The molecule has 0 saturated heterocycles. The molecule has 0 aliphatic carbocycles. The molecule has 0 radical (unpaired) electrons. The zero-order valence-electron chi connectivity index (χ0n) is 12.7. The van der Waals surface area contributed by atoms with E-state index in [9.17, 15) is 4.79 Å². The number of carbonyl (C=O) groups excluding carboxylic acids is 1. The molecule has 1 heterocycles. The van der Waals surface area contributed by atoms with Crippen LogP contribution in [-0.4, -0.2) is 17.4 Å². The number of aryl methyl sites for hydroxylation is 1. The van der Waals surface area contributed by atoms with Gasteiger partial charge in [0.2, 0.25) is 5.91 Å². The van der Waals surface area contributed by atoms with Gasteiger partial charge < -0.3 is 5.32 Å². The van der Waals surface area contributed by atoms with Crippen molar-refractivity contribution < 1.29 is 4.79 Å². The Kier molecular flexibility index (Phi) is 5.50. The minimum absolute atomic E-state index is 0.0909. The summed E-state index contributed by atoms with van der Waals surface area (Å²) in [6, 6.07) is 14.2. The Morgan fingerprint density at radius 2 is 1.95 bits per heavy atom. The van der Waals surface area contributed by atoms with Gasteiger partial charge in [-0.05, 0) is 36.6 Å². The van der Waals surface area contributed by atoms with Crippen molar-refractivity contribution in [3.8, 4) is 0 Å². The van der Waals surface area contributed by atoms with Gasteiger partial charge in [0.15, 0.2) is 0 Å². The number of aromatic nitrogens is 1. The van der Waals surface area contributed by atoms with E-state index in [4.69, 9.17) is 0 Å². The molecule has 2 rings (SSSR count). The fourth-order valence-electron chi connectivity index (χ4n) is 2.47. The van der Waals surface area contributed by atoms with Crippen LogP contribution in [0.5, 0.6) is 0 Å². The molecule has 0 aliphatic heterocycles. The lowest BCUT2D eigenvalue weighted by Crippen LogP contribution is -2.29. The monoisotopic (exact) mass is 282 g/mol. The number of pyridine rings is 1. The molecular formula is C18H22N2O. The van der Waals surface area contributed by atoms with Crippen molar-refractivity contribution in [3.05, 3.63) is 65.5 Å². The predicted molar refractivity (Wildman–Crippen MR) is 85.2 cm³/mol. The first-order valence-electron chi connectivity index (χ1n) is 7.45. The Morgan fingerprint density at radius 1 is 1.19 bits per heavy atom. The summed E-state index contributed by atoms with van der Waals surface area (Å²) in [5, 5.41) is 3.03. The van der Waals surface area contributed by atoms with Crippen LogP contribution in [0.4, 0.5) is 0 Å². The number of amides is 1. The predicted octanol–water partition coefficient (Wildman–Crippen LogP) is 3.44.